The van der Waals surface area contributed by atoms with Crippen LogP contribution in [0.3, 0.4) is 0 Å². The number of halogens is 1. The Morgan fingerprint density at radius 2 is 1.76 bits per heavy atom. The number of benzene rings is 1. The molecule has 0 aliphatic carbocycles. The van der Waals surface area contributed by atoms with Crippen molar-refractivity contribution in [3.05, 3.63) is 34.9 Å². The quantitative estimate of drug-likeness (QED) is 0.239. The molecule has 0 aliphatic rings. The maximum atomic E-state index is 4.72. The lowest BCUT2D eigenvalue weighted by atomic mass is 10.1. The number of nitrogens with zero attached hydrogens (tertiary/aromatic N) is 2. The van der Waals surface area contributed by atoms with Crippen LogP contribution in [-0.2, 0) is 6.54 Å². The predicted octanol–water partition coefficient (Wildman–Crippen LogP) is 4.10. The summed E-state index contributed by atoms with van der Waals surface area (Å²) in [4.78, 5) is 7.20. The monoisotopic (exact) mass is 460 g/mol. The number of unbranched alkanes of at least 4 members (excludes halogenated alkanes) is 1. The van der Waals surface area contributed by atoms with Crippen molar-refractivity contribution in [2.24, 2.45) is 4.99 Å². The van der Waals surface area contributed by atoms with Gasteiger partial charge in [-0.25, -0.2) is 4.99 Å². The van der Waals surface area contributed by atoms with Crippen LogP contribution in [0.25, 0.3) is 0 Å². The maximum Gasteiger partial charge on any atom is 0.191 e. The Morgan fingerprint density at radius 3 is 2.36 bits per heavy atom. The molecule has 0 bridgehead atoms. The van der Waals surface area contributed by atoms with Crippen LogP contribution in [0.2, 0.25) is 0 Å². The van der Waals surface area contributed by atoms with Crippen molar-refractivity contribution in [1.29, 1.82) is 0 Å². The number of hydrogen-bond donors (Lipinski definition) is 2. The summed E-state index contributed by atoms with van der Waals surface area (Å²) in [5.41, 5.74) is 3.91. The van der Waals surface area contributed by atoms with Gasteiger partial charge in [0.2, 0.25) is 0 Å². The fourth-order valence-electron chi connectivity index (χ4n) is 2.74. The zero-order valence-corrected chi connectivity index (χ0v) is 19.0. The third-order valence-corrected chi connectivity index (χ3v) is 4.34. The van der Waals surface area contributed by atoms with Crippen LogP contribution < -0.4 is 10.6 Å². The van der Waals surface area contributed by atoms with Gasteiger partial charge in [0, 0.05) is 13.1 Å². The molecule has 0 atom stereocenters. The Labute approximate surface area is 171 Å². The van der Waals surface area contributed by atoms with Crippen LogP contribution in [0.1, 0.15) is 50.3 Å². The minimum absolute atomic E-state index is 0. The molecule has 5 heteroatoms. The minimum atomic E-state index is 0. The number of guanidine groups is 1. The van der Waals surface area contributed by atoms with E-state index in [2.05, 4.69) is 68.4 Å². The van der Waals surface area contributed by atoms with E-state index in [-0.39, 0.29) is 24.0 Å². The molecule has 0 saturated heterocycles. The van der Waals surface area contributed by atoms with Crippen molar-refractivity contribution in [3.8, 4) is 0 Å². The normalized spacial score (nSPS) is 11.4. The summed E-state index contributed by atoms with van der Waals surface area (Å²) >= 11 is 0. The summed E-state index contributed by atoms with van der Waals surface area (Å²) in [6.45, 7) is 16.9. The number of aryl methyl sites for hydroxylation is 2. The van der Waals surface area contributed by atoms with Crippen LogP contribution in [0, 0.1) is 13.8 Å². The molecule has 1 aromatic rings. The first kappa shape index (κ1) is 24.2. The Kier molecular flexibility index (Phi) is 13.9. The number of hydrogen-bond acceptors (Lipinski definition) is 2. The molecular formula is C20H37IN4. The Morgan fingerprint density at radius 1 is 1.04 bits per heavy atom. The predicted molar refractivity (Wildman–Crippen MR) is 121 cm³/mol. The van der Waals surface area contributed by atoms with Crippen LogP contribution in [0.4, 0.5) is 0 Å². The first-order valence-corrected chi connectivity index (χ1v) is 9.41. The highest BCUT2D eigenvalue weighted by atomic mass is 127. The van der Waals surface area contributed by atoms with E-state index in [4.69, 9.17) is 4.99 Å². The summed E-state index contributed by atoms with van der Waals surface area (Å²) in [6.07, 6.45) is 2.40. The van der Waals surface area contributed by atoms with Crippen LogP contribution >= 0.6 is 24.0 Å². The van der Waals surface area contributed by atoms with E-state index in [1.165, 1.54) is 36.1 Å². The summed E-state index contributed by atoms with van der Waals surface area (Å²) < 4.78 is 0. The first-order valence-electron chi connectivity index (χ1n) is 9.41. The molecule has 0 amide bonds. The Balaban J connectivity index is 0.00000576. The van der Waals surface area contributed by atoms with Crippen LogP contribution in [0.15, 0.2) is 23.2 Å². The zero-order valence-electron chi connectivity index (χ0n) is 16.7. The van der Waals surface area contributed by atoms with E-state index in [9.17, 15) is 0 Å². The van der Waals surface area contributed by atoms with E-state index < -0.39 is 0 Å². The van der Waals surface area contributed by atoms with Gasteiger partial charge in [0.05, 0.1) is 6.54 Å². The molecule has 144 valence electrons. The maximum absolute atomic E-state index is 4.72. The van der Waals surface area contributed by atoms with Gasteiger partial charge in [-0.3, -0.25) is 0 Å². The van der Waals surface area contributed by atoms with Crippen molar-refractivity contribution in [1.82, 2.24) is 15.5 Å². The summed E-state index contributed by atoms with van der Waals surface area (Å²) in [5, 5.41) is 6.79. The van der Waals surface area contributed by atoms with Gasteiger partial charge in [-0.2, -0.15) is 0 Å². The summed E-state index contributed by atoms with van der Waals surface area (Å²) in [6, 6.07) is 6.56. The molecule has 0 spiro atoms. The molecule has 25 heavy (non-hydrogen) atoms. The Hall–Kier alpha value is -0.820. The molecule has 1 aromatic carbocycles. The largest absolute Gasteiger partial charge is 0.357 e. The highest BCUT2D eigenvalue weighted by Crippen LogP contribution is 2.11. The second kappa shape index (κ2) is 14.4. The zero-order chi connectivity index (χ0) is 17.8. The van der Waals surface area contributed by atoms with Crippen molar-refractivity contribution in [2.45, 2.75) is 54.0 Å². The van der Waals surface area contributed by atoms with E-state index in [1.54, 1.807) is 0 Å². The van der Waals surface area contributed by atoms with Crippen molar-refractivity contribution < 1.29 is 0 Å². The summed E-state index contributed by atoms with van der Waals surface area (Å²) in [5.74, 6) is 0.917. The molecule has 1 rings (SSSR count). The minimum Gasteiger partial charge on any atom is -0.357 e. The topological polar surface area (TPSA) is 39.7 Å². The fourth-order valence-corrected chi connectivity index (χ4v) is 2.74. The van der Waals surface area contributed by atoms with Gasteiger partial charge >= 0.3 is 0 Å². The molecule has 0 unspecified atom stereocenters. The number of nitrogens with one attached hydrogen (secondary N) is 2. The smallest absolute Gasteiger partial charge is 0.191 e. The third-order valence-electron chi connectivity index (χ3n) is 4.34. The second-order valence-electron chi connectivity index (χ2n) is 6.29. The van der Waals surface area contributed by atoms with Crippen molar-refractivity contribution >= 4 is 29.9 Å². The second-order valence-corrected chi connectivity index (χ2v) is 6.29. The van der Waals surface area contributed by atoms with E-state index in [0.717, 1.165) is 38.7 Å². The van der Waals surface area contributed by atoms with Crippen molar-refractivity contribution in [2.75, 3.05) is 32.7 Å². The average Bonchev–Trinajstić information content (AvgIpc) is 2.57. The van der Waals surface area contributed by atoms with Crippen molar-refractivity contribution in [3.63, 3.8) is 0 Å². The number of aliphatic imine (C=N–C) groups is 1. The SMILES string of the molecule is CCNC(=NCc1ccc(C)cc1C)NCCCCN(CC)CC.I. The Bertz CT molecular complexity index is 498. The molecule has 0 saturated carbocycles. The lowest BCUT2D eigenvalue weighted by Gasteiger charge is -2.18. The highest BCUT2D eigenvalue weighted by molar-refractivity contribution is 14.0. The lowest BCUT2D eigenvalue weighted by molar-refractivity contribution is 0.297. The van der Waals surface area contributed by atoms with Gasteiger partial charge in [-0.05, 0) is 64.4 Å². The standard InChI is InChI=1S/C20H36N4.HI/c1-6-21-20(22-13-9-10-14-24(7-2)8-3)23-16-19-12-11-17(4)15-18(19)5;/h11-12,15H,6-10,13-14,16H2,1-5H3,(H2,21,22,23);1H. The average molecular weight is 460 g/mol. The molecule has 4 nitrogen and oxygen atoms in total. The van der Waals surface area contributed by atoms with E-state index in [0.29, 0.717) is 0 Å². The molecule has 0 aromatic heterocycles. The fraction of sp³-hybridized carbons (Fsp3) is 0.650. The highest BCUT2D eigenvalue weighted by Gasteiger charge is 2.01. The molecule has 2 N–H and O–H groups in total. The van der Waals surface area contributed by atoms with Crippen LogP contribution in [-0.4, -0.2) is 43.6 Å². The molecule has 0 heterocycles. The lowest BCUT2D eigenvalue weighted by Crippen LogP contribution is -2.38. The molecular weight excluding hydrogens is 423 g/mol. The van der Waals surface area contributed by atoms with Crippen LogP contribution in [0.5, 0.6) is 0 Å². The van der Waals surface area contributed by atoms with Gasteiger partial charge in [0.25, 0.3) is 0 Å². The molecule has 0 aliphatic heterocycles. The molecule has 0 fully saturated rings. The van der Waals surface area contributed by atoms with Gasteiger partial charge < -0.3 is 15.5 Å². The summed E-state index contributed by atoms with van der Waals surface area (Å²) in [7, 11) is 0. The van der Waals surface area contributed by atoms with Gasteiger partial charge in [-0.15, -0.1) is 24.0 Å². The van der Waals surface area contributed by atoms with Gasteiger partial charge in [0.15, 0.2) is 5.96 Å². The molecule has 0 radical (unpaired) electrons. The first-order chi connectivity index (χ1) is 11.6. The number of rotatable bonds is 10. The van der Waals surface area contributed by atoms with E-state index >= 15 is 0 Å². The third kappa shape index (κ3) is 10.0. The van der Waals surface area contributed by atoms with E-state index in [1.807, 2.05) is 0 Å². The van der Waals surface area contributed by atoms with Gasteiger partial charge in [0.1, 0.15) is 0 Å². The van der Waals surface area contributed by atoms with Gasteiger partial charge in [-0.1, -0.05) is 37.6 Å².